The number of ether oxygens (including phenoxy) is 1. The number of rotatable bonds is 1. The Bertz CT molecular complexity index is 360. The third-order valence-corrected chi connectivity index (χ3v) is 2.42. The Morgan fingerprint density at radius 3 is 3.08 bits per heavy atom. The summed E-state index contributed by atoms with van der Waals surface area (Å²) in [5.41, 5.74) is 2.07. The highest BCUT2D eigenvalue weighted by molar-refractivity contribution is 6.49. The van der Waals surface area contributed by atoms with Crippen molar-refractivity contribution in [2.45, 2.75) is 0 Å². The molecular weight excluding hydrogens is 186 g/mol. The summed E-state index contributed by atoms with van der Waals surface area (Å²) >= 11 is 6.02. The topological polar surface area (TPSA) is 21.3 Å². The SMILES string of the molecule is COc1ccc2c(c1)NCC=C2Cl. The number of benzene rings is 1. The van der Waals surface area contributed by atoms with Gasteiger partial charge in [-0.15, -0.1) is 0 Å². The van der Waals surface area contributed by atoms with Gasteiger partial charge in [0.2, 0.25) is 0 Å². The lowest BCUT2D eigenvalue weighted by molar-refractivity contribution is 0.415. The first kappa shape index (κ1) is 8.45. The van der Waals surface area contributed by atoms with E-state index in [9.17, 15) is 0 Å². The molecule has 1 heterocycles. The van der Waals surface area contributed by atoms with E-state index < -0.39 is 0 Å². The van der Waals surface area contributed by atoms with Crippen molar-refractivity contribution < 1.29 is 4.74 Å². The van der Waals surface area contributed by atoms with E-state index in [1.807, 2.05) is 24.3 Å². The second-order valence-corrected chi connectivity index (χ2v) is 3.25. The van der Waals surface area contributed by atoms with E-state index in [4.69, 9.17) is 16.3 Å². The van der Waals surface area contributed by atoms with E-state index in [0.717, 1.165) is 28.6 Å². The first-order valence-electron chi connectivity index (χ1n) is 4.09. The second-order valence-electron chi connectivity index (χ2n) is 2.84. The quantitative estimate of drug-likeness (QED) is 0.744. The maximum Gasteiger partial charge on any atom is 0.120 e. The normalized spacial score (nSPS) is 14.2. The van der Waals surface area contributed by atoms with Crippen LogP contribution in [0.25, 0.3) is 5.03 Å². The zero-order valence-electron chi connectivity index (χ0n) is 7.30. The monoisotopic (exact) mass is 195 g/mol. The molecule has 0 atom stereocenters. The lowest BCUT2D eigenvalue weighted by atomic mass is 10.1. The van der Waals surface area contributed by atoms with Crippen LogP contribution in [0.1, 0.15) is 5.56 Å². The smallest absolute Gasteiger partial charge is 0.120 e. The summed E-state index contributed by atoms with van der Waals surface area (Å²) in [7, 11) is 1.65. The molecule has 68 valence electrons. The van der Waals surface area contributed by atoms with Crippen molar-refractivity contribution in [2.75, 3.05) is 19.0 Å². The summed E-state index contributed by atoms with van der Waals surface area (Å²) in [6.45, 7) is 0.777. The Morgan fingerprint density at radius 2 is 2.31 bits per heavy atom. The molecule has 0 amide bonds. The molecule has 3 heteroatoms. The number of halogens is 1. The van der Waals surface area contributed by atoms with Gasteiger partial charge < -0.3 is 10.1 Å². The number of nitrogens with one attached hydrogen (secondary N) is 1. The predicted octanol–water partition coefficient (Wildman–Crippen LogP) is 2.70. The van der Waals surface area contributed by atoms with E-state index in [1.165, 1.54) is 0 Å². The third kappa shape index (κ3) is 1.49. The summed E-state index contributed by atoms with van der Waals surface area (Å²) in [5, 5.41) is 4.03. The number of fused-ring (bicyclic) bond motifs is 1. The molecule has 0 aliphatic carbocycles. The lowest BCUT2D eigenvalue weighted by Crippen LogP contribution is -2.06. The molecule has 0 saturated carbocycles. The molecule has 13 heavy (non-hydrogen) atoms. The fraction of sp³-hybridized carbons (Fsp3) is 0.200. The van der Waals surface area contributed by atoms with Crippen LogP contribution < -0.4 is 10.1 Å². The molecule has 0 saturated heterocycles. The molecule has 0 unspecified atom stereocenters. The van der Waals surface area contributed by atoms with Gasteiger partial charge in [-0.3, -0.25) is 0 Å². The molecular formula is C10H10ClNO. The maximum absolute atomic E-state index is 6.02. The lowest BCUT2D eigenvalue weighted by Gasteiger charge is -2.16. The minimum absolute atomic E-state index is 0.777. The van der Waals surface area contributed by atoms with Gasteiger partial charge in [0.05, 0.1) is 7.11 Å². The van der Waals surface area contributed by atoms with Crippen LogP contribution in [0.15, 0.2) is 24.3 Å². The molecule has 2 rings (SSSR count). The fourth-order valence-corrected chi connectivity index (χ4v) is 1.61. The molecule has 2 nitrogen and oxygen atoms in total. The van der Waals surface area contributed by atoms with Crippen LogP contribution in [0.2, 0.25) is 0 Å². The number of hydrogen-bond donors (Lipinski definition) is 1. The molecule has 0 aromatic heterocycles. The van der Waals surface area contributed by atoms with Gasteiger partial charge in [0.15, 0.2) is 0 Å². The van der Waals surface area contributed by atoms with Crippen molar-refractivity contribution in [1.82, 2.24) is 0 Å². The summed E-state index contributed by atoms with van der Waals surface area (Å²) in [4.78, 5) is 0. The average Bonchev–Trinajstić information content (AvgIpc) is 2.18. The second kappa shape index (κ2) is 3.30. The minimum Gasteiger partial charge on any atom is -0.497 e. The Balaban J connectivity index is 2.48. The molecule has 1 N–H and O–H groups in total. The van der Waals surface area contributed by atoms with Crippen LogP contribution in [-0.4, -0.2) is 13.7 Å². The minimum atomic E-state index is 0.777. The van der Waals surface area contributed by atoms with Gasteiger partial charge in [0.1, 0.15) is 5.75 Å². The van der Waals surface area contributed by atoms with Gasteiger partial charge in [0, 0.05) is 28.9 Å². The van der Waals surface area contributed by atoms with Crippen LogP contribution in [0.4, 0.5) is 5.69 Å². The van der Waals surface area contributed by atoms with Crippen molar-refractivity contribution >= 4 is 22.3 Å². The van der Waals surface area contributed by atoms with Gasteiger partial charge >= 0.3 is 0 Å². The molecule has 0 fully saturated rings. The van der Waals surface area contributed by atoms with Crippen LogP contribution in [0, 0.1) is 0 Å². The van der Waals surface area contributed by atoms with Crippen molar-refractivity contribution in [1.29, 1.82) is 0 Å². The Kier molecular flexibility index (Phi) is 2.15. The largest absolute Gasteiger partial charge is 0.497 e. The molecule has 1 aromatic rings. The Morgan fingerprint density at radius 1 is 1.46 bits per heavy atom. The Labute approximate surface area is 82.2 Å². The molecule has 1 aliphatic rings. The molecule has 0 spiro atoms. The zero-order valence-corrected chi connectivity index (χ0v) is 8.06. The van der Waals surface area contributed by atoms with Crippen LogP contribution >= 0.6 is 11.6 Å². The number of methoxy groups -OCH3 is 1. The Hall–Kier alpha value is -1.15. The summed E-state index contributed by atoms with van der Waals surface area (Å²) in [6, 6.07) is 5.81. The summed E-state index contributed by atoms with van der Waals surface area (Å²) < 4.78 is 5.11. The third-order valence-electron chi connectivity index (χ3n) is 2.06. The van der Waals surface area contributed by atoms with Gasteiger partial charge in [-0.05, 0) is 18.2 Å². The van der Waals surface area contributed by atoms with Crippen molar-refractivity contribution in [2.24, 2.45) is 0 Å². The standard InChI is InChI=1S/C10H10ClNO/c1-13-7-2-3-8-9(11)4-5-12-10(8)6-7/h2-4,6,12H,5H2,1H3. The van der Waals surface area contributed by atoms with Gasteiger partial charge in [-0.2, -0.15) is 0 Å². The number of hydrogen-bond acceptors (Lipinski definition) is 2. The van der Waals surface area contributed by atoms with Crippen molar-refractivity contribution in [3.05, 3.63) is 29.8 Å². The fourth-order valence-electron chi connectivity index (χ4n) is 1.37. The number of anilines is 1. The van der Waals surface area contributed by atoms with Crippen LogP contribution in [0.5, 0.6) is 5.75 Å². The van der Waals surface area contributed by atoms with Gasteiger partial charge in [-0.25, -0.2) is 0 Å². The van der Waals surface area contributed by atoms with E-state index in [0.29, 0.717) is 0 Å². The summed E-state index contributed by atoms with van der Waals surface area (Å²) in [5.74, 6) is 0.845. The van der Waals surface area contributed by atoms with Crippen LogP contribution in [0.3, 0.4) is 0 Å². The van der Waals surface area contributed by atoms with E-state index >= 15 is 0 Å². The summed E-state index contributed by atoms with van der Waals surface area (Å²) in [6.07, 6.45) is 1.95. The first-order chi connectivity index (χ1) is 6.31. The highest BCUT2D eigenvalue weighted by Gasteiger charge is 2.10. The highest BCUT2D eigenvalue weighted by Crippen LogP contribution is 2.32. The molecule has 1 aliphatic heterocycles. The van der Waals surface area contributed by atoms with Crippen molar-refractivity contribution in [3.8, 4) is 5.75 Å². The first-order valence-corrected chi connectivity index (χ1v) is 4.47. The van der Waals surface area contributed by atoms with E-state index in [2.05, 4.69) is 5.32 Å². The molecule has 0 radical (unpaired) electrons. The maximum atomic E-state index is 6.02. The van der Waals surface area contributed by atoms with E-state index in [-0.39, 0.29) is 0 Å². The van der Waals surface area contributed by atoms with E-state index in [1.54, 1.807) is 7.11 Å². The van der Waals surface area contributed by atoms with Crippen molar-refractivity contribution in [3.63, 3.8) is 0 Å². The predicted molar refractivity (Wildman–Crippen MR) is 55.3 cm³/mol. The van der Waals surface area contributed by atoms with Gasteiger partial charge in [0.25, 0.3) is 0 Å². The molecule has 0 bridgehead atoms. The average molecular weight is 196 g/mol. The zero-order chi connectivity index (χ0) is 9.26. The van der Waals surface area contributed by atoms with Crippen LogP contribution in [-0.2, 0) is 0 Å². The van der Waals surface area contributed by atoms with Gasteiger partial charge in [-0.1, -0.05) is 11.6 Å². The molecule has 1 aromatic carbocycles. The highest BCUT2D eigenvalue weighted by atomic mass is 35.5.